The van der Waals surface area contributed by atoms with Crippen molar-refractivity contribution in [2.45, 2.75) is 42.3 Å². The quantitative estimate of drug-likeness (QED) is 0.847. The van der Waals surface area contributed by atoms with Gasteiger partial charge in [0, 0.05) is 11.5 Å². The number of aliphatic hydroxyl groups is 1. The van der Waals surface area contributed by atoms with Crippen molar-refractivity contribution >= 4 is 23.5 Å². The van der Waals surface area contributed by atoms with E-state index in [-0.39, 0.29) is 11.7 Å². The standard InChI is InChI=1S/C17H24O2S2/c1-20-15-4-2-13(3-5-15)16(18)14-6-9-19-17(12-14)7-10-21-11-8-17/h2-5,14,16,18H,6-12H2,1H3. The summed E-state index contributed by atoms with van der Waals surface area (Å²) in [6, 6.07) is 8.37. The Morgan fingerprint density at radius 2 is 2.00 bits per heavy atom. The number of hydrogen-bond donors (Lipinski definition) is 1. The second-order valence-corrected chi connectivity index (χ2v) is 8.22. The van der Waals surface area contributed by atoms with E-state index in [0.717, 1.165) is 37.9 Å². The molecule has 0 amide bonds. The maximum atomic E-state index is 10.8. The molecular formula is C17H24O2S2. The molecule has 1 N–H and O–H groups in total. The molecule has 116 valence electrons. The molecule has 2 saturated heterocycles. The van der Waals surface area contributed by atoms with E-state index in [4.69, 9.17) is 4.74 Å². The topological polar surface area (TPSA) is 29.5 Å². The molecule has 2 atom stereocenters. The average Bonchev–Trinajstić information content (AvgIpc) is 2.55. The van der Waals surface area contributed by atoms with Crippen molar-refractivity contribution in [1.82, 2.24) is 0 Å². The summed E-state index contributed by atoms with van der Waals surface area (Å²) < 4.78 is 6.13. The van der Waals surface area contributed by atoms with Gasteiger partial charge in [-0.2, -0.15) is 11.8 Å². The molecular weight excluding hydrogens is 300 g/mol. The minimum atomic E-state index is -0.351. The maximum Gasteiger partial charge on any atom is 0.0820 e. The van der Waals surface area contributed by atoms with Crippen molar-refractivity contribution in [1.29, 1.82) is 0 Å². The average molecular weight is 325 g/mol. The molecule has 0 radical (unpaired) electrons. The summed E-state index contributed by atoms with van der Waals surface area (Å²) in [7, 11) is 0. The third-order valence-corrected chi connectivity index (χ3v) is 6.57. The molecule has 0 aromatic heterocycles. The van der Waals surface area contributed by atoms with Crippen molar-refractivity contribution < 1.29 is 9.84 Å². The SMILES string of the molecule is CSc1ccc(C(O)C2CCOC3(CCSCC3)C2)cc1. The van der Waals surface area contributed by atoms with Crippen LogP contribution in [0, 0.1) is 5.92 Å². The first-order chi connectivity index (χ1) is 10.2. The van der Waals surface area contributed by atoms with E-state index in [1.165, 1.54) is 16.4 Å². The highest BCUT2D eigenvalue weighted by atomic mass is 32.2. The molecule has 21 heavy (non-hydrogen) atoms. The zero-order chi connectivity index (χ0) is 14.7. The Hall–Kier alpha value is -0.160. The highest BCUT2D eigenvalue weighted by molar-refractivity contribution is 7.99. The van der Waals surface area contributed by atoms with Gasteiger partial charge in [0.05, 0.1) is 11.7 Å². The summed E-state index contributed by atoms with van der Waals surface area (Å²) in [6.07, 6.45) is 6.00. The molecule has 0 bridgehead atoms. The fourth-order valence-electron chi connectivity index (χ4n) is 3.50. The summed E-state index contributed by atoms with van der Waals surface area (Å²) in [5, 5.41) is 10.8. The third-order valence-electron chi connectivity index (χ3n) is 4.84. The van der Waals surface area contributed by atoms with E-state index in [1.807, 2.05) is 11.8 Å². The van der Waals surface area contributed by atoms with Crippen LogP contribution in [0.2, 0.25) is 0 Å². The van der Waals surface area contributed by atoms with Gasteiger partial charge in [-0.25, -0.2) is 0 Å². The summed E-state index contributed by atoms with van der Waals surface area (Å²) in [5.41, 5.74) is 1.11. The third kappa shape index (κ3) is 3.61. The van der Waals surface area contributed by atoms with Gasteiger partial charge in [0.15, 0.2) is 0 Å². The van der Waals surface area contributed by atoms with E-state index in [1.54, 1.807) is 11.8 Å². The van der Waals surface area contributed by atoms with Crippen molar-refractivity contribution in [2.75, 3.05) is 24.4 Å². The molecule has 0 saturated carbocycles. The molecule has 1 aromatic carbocycles. The van der Waals surface area contributed by atoms with Gasteiger partial charge in [-0.3, -0.25) is 0 Å². The number of hydrogen-bond acceptors (Lipinski definition) is 4. The lowest BCUT2D eigenvalue weighted by Crippen LogP contribution is -2.44. The first-order valence-electron chi connectivity index (χ1n) is 7.76. The second-order valence-electron chi connectivity index (χ2n) is 6.11. The normalized spacial score (nSPS) is 26.7. The Labute approximate surface area is 136 Å². The van der Waals surface area contributed by atoms with Gasteiger partial charge in [-0.1, -0.05) is 12.1 Å². The van der Waals surface area contributed by atoms with E-state index in [9.17, 15) is 5.11 Å². The van der Waals surface area contributed by atoms with Gasteiger partial charge in [0.25, 0.3) is 0 Å². The van der Waals surface area contributed by atoms with Crippen LogP contribution in [0.15, 0.2) is 29.2 Å². The molecule has 1 spiro atoms. The van der Waals surface area contributed by atoms with Crippen LogP contribution in [-0.4, -0.2) is 35.1 Å². The summed E-state index contributed by atoms with van der Waals surface area (Å²) in [4.78, 5) is 1.25. The summed E-state index contributed by atoms with van der Waals surface area (Å²) in [5.74, 6) is 2.73. The molecule has 1 aromatic rings. The lowest BCUT2D eigenvalue weighted by molar-refractivity contribution is -0.121. The molecule has 2 aliphatic heterocycles. The highest BCUT2D eigenvalue weighted by Gasteiger charge is 2.40. The zero-order valence-electron chi connectivity index (χ0n) is 12.6. The van der Waals surface area contributed by atoms with Gasteiger partial charge in [0.2, 0.25) is 0 Å². The number of thioether (sulfide) groups is 2. The van der Waals surface area contributed by atoms with E-state index in [0.29, 0.717) is 5.92 Å². The van der Waals surface area contributed by atoms with Crippen LogP contribution in [0.25, 0.3) is 0 Å². The van der Waals surface area contributed by atoms with Crippen LogP contribution in [0.3, 0.4) is 0 Å². The molecule has 2 heterocycles. The maximum absolute atomic E-state index is 10.8. The predicted molar refractivity (Wildman–Crippen MR) is 91.1 cm³/mol. The fraction of sp³-hybridized carbons (Fsp3) is 0.647. The lowest BCUT2D eigenvalue weighted by Gasteiger charge is -2.44. The Bertz CT molecular complexity index is 449. The van der Waals surface area contributed by atoms with Crippen molar-refractivity contribution in [3.8, 4) is 0 Å². The largest absolute Gasteiger partial charge is 0.388 e. The van der Waals surface area contributed by atoms with Crippen LogP contribution in [0.4, 0.5) is 0 Å². The lowest BCUT2D eigenvalue weighted by atomic mass is 9.78. The minimum Gasteiger partial charge on any atom is -0.388 e. The predicted octanol–water partition coefficient (Wildman–Crippen LogP) is 4.13. The molecule has 2 unspecified atom stereocenters. The van der Waals surface area contributed by atoms with Crippen molar-refractivity contribution in [3.63, 3.8) is 0 Å². The smallest absolute Gasteiger partial charge is 0.0820 e. The molecule has 4 heteroatoms. The van der Waals surface area contributed by atoms with Crippen LogP contribution in [0.5, 0.6) is 0 Å². The first kappa shape index (κ1) is 15.7. The number of benzene rings is 1. The fourth-order valence-corrected chi connectivity index (χ4v) is 5.15. The van der Waals surface area contributed by atoms with Crippen LogP contribution >= 0.6 is 23.5 Å². The second kappa shape index (κ2) is 6.95. The molecule has 2 aliphatic rings. The van der Waals surface area contributed by atoms with Crippen LogP contribution in [0.1, 0.15) is 37.4 Å². The van der Waals surface area contributed by atoms with E-state index in [2.05, 4.69) is 30.5 Å². The van der Waals surface area contributed by atoms with Gasteiger partial charge >= 0.3 is 0 Å². The number of ether oxygens (including phenoxy) is 1. The number of aliphatic hydroxyl groups excluding tert-OH is 1. The molecule has 2 fully saturated rings. The Morgan fingerprint density at radius 1 is 1.29 bits per heavy atom. The summed E-state index contributed by atoms with van der Waals surface area (Å²) in [6.45, 7) is 0.801. The van der Waals surface area contributed by atoms with Crippen LogP contribution in [-0.2, 0) is 4.74 Å². The molecule has 0 aliphatic carbocycles. The highest BCUT2D eigenvalue weighted by Crippen LogP contribution is 2.43. The zero-order valence-corrected chi connectivity index (χ0v) is 14.2. The van der Waals surface area contributed by atoms with Gasteiger partial charge in [-0.05, 0) is 67.1 Å². The van der Waals surface area contributed by atoms with Crippen molar-refractivity contribution in [2.24, 2.45) is 5.92 Å². The Balaban J connectivity index is 1.69. The Morgan fingerprint density at radius 3 is 2.67 bits per heavy atom. The number of rotatable bonds is 3. The Kier molecular flexibility index (Phi) is 5.20. The van der Waals surface area contributed by atoms with Gasteiger partial charge in [0.1, 0.15) is 0 Å². The summed E-state index contributed by atoms with van der Waals surface area (Å²) >= 11 is 3.77. The monoisotopic (exact) mass is 324 g/mol. The van der Waals surface area contributed by atoms with Gasteiger partial charge < -0.3 is 9.84 Å². The van der Waals surface area contributed by atoms with E-state index >= 15 is 0 Å². The molecule has 3 rings (SSSR count). The van der Waals surface area contributed by atoms with Crippen molar-refractivity contribution in [3.05, 3.63) is 29.8 Å². The van der Waals surface area contributed by atoms with E-state index < -0.39 is 0 Å². The molecule has 2 nitrogen and oxygen atoms in total. The van der Waals surface area contributed by atoms with Gasteiger partial charge in [-0.15, -0.1) is 11.8 Å². The first-order valence-corrected chi connectivity index (χ1v) is 10.1. The minimum absolute atomic E-state index is 0.0500. The van der Waals surface area contributed by atoms with Crippen LogP contribution < -0.4 is 0 Å².